The Morgan fingerprint density at radius 1 is 0.816 bits per heavy atom. The largest absolute Gasteiger partial charge is 0.473 e. The average Bonchev–Trinajstić information content (AvgIpc) is 3.06. The molecule has 1 fully saturated rings. The van der Waals surface area contributed by atoms with Crippen LogP contribution in [0.3, 0.4) is 0 Å². The van der Waals surface area contributed by atoms with Crippen LogP contribution in [-0.2, 0) is 9.59 Å². The van der Waals surface area contributed by atoms with E-state index in [0.717, 1.165) is 37.2 Å². The minimum atomic E-state index is -1.82. The van der Waals surface area contributed by atoms with E-state index in [1.165, 1.54) is 27.8 Å². The first-order valence-corrected chi connectivity index (χ1v) is 12.9. The molecule has 0 amide bonds. The van der Waals surface area contributed by atoms with Gasteiger partial charge in [0.15, 0.2) is 0 Å². The zero-order valence-corrected chi connectivity index (χ0v) is 22.4. The van der Waals surface area contributed by atoms with Crippen molar-refractivity contribution in [2.45, 2.75) is 6.04 Å². The fourth-order valence-electron chi connectivity index (χ4n) is 4.69. The van der Waals surface area contributed by atoms with E-state index in [1.807, 2.05) is 0 Å². The van der Waals surface area contributed by atoms with Gasteiger partial charge in [0.2, 0.25) is 0 Å². The molecule has 7 nitrogen and oxygen atoms in total. The molecule has 1 aliphatic heterocycles. The lowest BCUT2D eigenvalue weighted by Gasteiger charge is -2.40. The summed E-state index contributed by atoms with van der Waals surface area (Å²) in [5, 5.41) is 14.8. The maximum absolute atomic E-state index is 9.10. The molecule has 1 atom stereocenters. The zero-order valence-electron chi connectivity index (χ0n) is 20.8. The lowest BCUT2D eigenvalue weighted by atomic mass is 9.92. The van der Waals surface area contributed by atoms with E-state index < -0.39 is 11.9 Å². The van der Waals surface area contributed by atoms with Crippen molar-refractivity contribution in [1.82, 2.24) is 9.80 Å². The SMILES string of the molecule is Brc1ccc2c(c1)C(N1CCN(C/C=C/c3ccccc3)CC1)c1ccccc1C=C2.O.O=C(O)C(=O)O. The third kappa shape index (κ3) is 7.49. The Morgan fingerprint density at radius 3 is 2.08 bits per heavy atom. The summed E-state index contributed by atoms with van der Waals surface area (Å²) >= 11 is 3.71. The molecule has 0 radical (unpaired) electrons. The molecule has 38 heavy (non-hydrogen) atoms. The molecule has 3 aromatic carbocycles. The van der Waals surface area contributed by atoms with Gasteiger partial charge in [0.05, 0.1) is 6.04 Å². The number of piperazine rings is 1. The molecule has 1 unspecified atom stereocenters. The topological polar surface area (TPSA) is 113 Å². The lowest BCUT2D eigenvalue weighted by molar-refractivity contribution is -0.159. The molecule has 198 valence electrons. The standard InChI is InChI=1S/C28H27BrN2.C2H2O4.H2O/c29-25-15-14-24-13-12-23-10-4-5-11-26(23)28(27(24)21-25)31-19-17-30(18-20-31)16-6-9-22-7-2-1-3-8-22;3-1(4)2(5)6;/h1-15,21,28H,16-20H2;(H,3,4)(H,5,6);1H2/b9-6+;;. The van der Waals surface area contributed by atoms with Crippen LogP contribution in [0.5, 0.6) is 0 Å². The summed E-state index contributed by atoms with van der Waals surface area (Å²) < 4.78 is 1.15. The number of nitrogens with zero attached hydrogens (tertiary/aromatic N) is 2. The highest BCUT2D eigenvalue weighted by atomic mass is 79.9. The second-order valence-electron chi connectivity index (χ2n) is 8.90. The predicted octanol–water partition coefficient (Wildman–Crippen LogP) is 4.68. The van der Waals surface area contributed by atoms with Crippen LogP contribution in [0.4, 0.5) is 0 Å². The Bertz CT molecular complexity index is 1290. The number of hydrogen-bond acceptors (Lipinski definition) is 4. The van der Waals surface area contributed by atoms with Gasteiger partial charge in [-0.05, 0) is 39.9 Å². The van der Waals surface area contributed by atoms with Crippen LogP contribution >= 0.6 is 15.9 Å². The normalized spacial score (nSPS) is 16.8. The summed E-state index contributed by atoms with van der Waals surface area (Å²) in [6, 6.07) is 26.4. The first kappa shape index (κ1) is 29.0. The van der Waals surface area contributed by atoms with E-state index in [4.69, 9.17) is 19.8 Å². The van der Waals surface area contributed by atoms with Crippen molar-refractivity contribution in [2.24, 2.45) is 0 Å². The van der Waals surface area contributed by atoms with E-state index in [-0.39, 0.29) is 5.48 Å². The average molecular weight is 579 g/mol. The summed E-state index contributed by atoms with van der Waals surface area (Å²) in [6.45, 7) is 5.34. The van der Waals surface area contributed by atoms with Crippen LogP contribution < -0.4 is 0 Å². The van der Waals surface area contributed by atoms with E-state index in [0.29, 0.717) is 6.04 Å². The van der Waals surface area contributed by atoms with Crippen molar-refractivity contribution in [3.05, 3.63) is 111 Å². The molecule has 2 aliphatic rings. The van der Waals surface area contributed by atoms with Crippen molar-refractivity contribution >= 4 is 46.1 Å². The molecule has 1 aliphatic carbocycles. The van der Waals surface area contributed by atoms with Crippen molar-refractivity contribution in [2.75, 3.05) is 32.7 Å². The number of halogens is 1. The van der Waals surface area contributed by atoms with Gasteiger partial charge in [-0.25, -0.2) is 9.59 Å². The third-order valence-electron chi connectivity index (χ3n) is 6.50. The number of rotatable bonds is 4. The van der Waals surface area contributed by atoms with Gasteiger partial charge in [-0.1, -0.05) is 101 Å². The van der Waals surface area contributed by atoms with Crippen LogP contribution in [0.1, 0.15) is 33.9 Å². The Balaban J connectivity index is 0.000000516. The first-order chi connectivity index (χ1) is 17.9. The third-order valence-corrected chi connectivity index (χ3v) is 7.00. The molecule has 0 saturated carbocycles. The molecule has 1 heterocycles. The Kier molecular flexibility index (Phi) is 10.6. The lowest BCUT2D eigenvalue weighted by Crippen LogP contribution is -2.47. The minimum Gasteiger partial charge on any atom is -0.473 e. The quantitative estimate of drug-likeness (QED) is 0.434. The van der Waals surface area contributed by atoms with Gasteiger partial charge in [-0.15, -0.1) is 0 Å². The van der Waals surface area contributed by atoms with E-state index in [2.05, 4.69) is 123 Å². The zero-order chi connectivity index (χ0) is 26.2. The van der Waals surface area contributed by atoms with Crippen LogP contribution in [0, 0.1) is 0 Å². The minimum absolute atomic E-state index is 0. The van der Waals surface area contributed by atoms with Crippen molar-refractivity contribution < 1.29 is 25.3 Å². The number of aliphatic carboxylic acids is 2. The monoisotopic (exact) mass is 578 g/mol. The van der Waals surface area contributed by atoms with Gasteiger partial charge in [0.1, 0.15) is 0 Å². The maximum Gasteiger partial charge on any atom is 0.414 e. The van der Waals surface area contributed by atoms with Crippen LogP contribution in [0.2, 0.25) is 0 Å². The van der Waals surface area contributed by atoms with Crippen LogP contribution in [-0.4, -0.2) is 70.2 Å². The molecule has 5 rings (SSSR count). The predicted molar refractivity (Wildman–Crippen MR) is 154 cm³/mol. The number of carbonyl (C=O) groups is 2. The number of carboxylic acid groups (broad SMARTS) is 2. The number of fused-ring (bicyclic) bond motifs is 2. The van der Waals surface area contributed by atoms with E-state index >= 15 is 0 Å². The summed E-state index contributed by atoms with van der Waals surface area (Å²) in [4.78, 5) is 23.4. The van der Waals surface area contributed by atoms with Gasteiger partial charge in [0.25, 0.3) is 0 Å². The van der Waals surface area contributed by atoms with Gasteiger partial charge < -0.3 is 15.7 Å². The Morgan fingerprint density at radius 2 is 1.42 bits per heavy atom. The number of hydrogen-bond donors (Lipinski definition) is 2. The molecule has 0 bridgehead atoms. The summed E-state index contributed by atoms with van der Waals surface area (Å²) in [5.41, 5.74) is 6.72. The molecule has 4 N–H and O–H groups in total. The van der Waals surface area contributed by atoms with Crippen molar-refractivity contribution in [1.29, 1.82) is 0 Å². The van der Waals surface area contributed by atoms with Gasteiger partial charge in [-0.2, -0.15) is 0 Å². The first-order valence-electron chi connectivity index (χ1n) is 12.1. The fourth-order valence-corrected chi connectivity index (χ4v) is 5.07. The Hall–Kier alpha value is -3.56. The number of carboxylic acids is 2. The molecule has 0 spiro atoms. The van der Waals surface area contributed by atoms with Crippen molar-refractivity contribution in [3.8, 4) is 0 Å². The highest BCUT2D eigenvalue weighted by molar-refractivity contribution is 9.10. The smallest absolute Gasteiger partial charge is 0.414 e. The van der Waals surface area contributed by atoms with Crippen LogP contribution in [0.15, 0.2) is 83.3 Å². The van der Waals surface area contributed by atoms with Gasteiger partial charge in [-0.3, -0.25) is 9.80 Å². The van der Waals surface area contributed by atoms with E-state index in [1.54, 1.807) is 0 Å². The summed E-state index contributed by atoms with van der Waals surface area (Å²) in [7, 11) is 0. The van der Waals surface area contributed by atoms with E-state index in [9.17, 15) is 0 Å². The molecule has 3 aromatic rings. The molecule has 0 aromatic heterocycles. The van der Waals surface area contributed by atoms with Gasteiger partial charge >= 0.3 is 11.9 Å². The number of benzene rings is 3. The van der Waals surface area contributed by atoms with Gasteiger partial charge in [0, 0.05) is 37.2 Å². The molecule has 8 heteroatoms. The Labute approximate surface area is 230 Å². The maximum atomic E-state index is 9.10. The highest BCUT2D eigenvalue weighted by Gasteiger charge is 2.29. The second-order valence-corrected chi connectivity index (χ2v) is 9.81. The fraction of sp³-hybridized carbons (Fsp3) is 0.200. The molecular weight excluding hydrogens is 548 g/mol. The molecule has 1 saturated heterocycles. The summed E-state index contributed by atoms with van der Waals surface area (Å²) in [6.07, 6.45) is 9.06. The van der Waals surface area contributed by atoms with Crippen molar-refractivity contribution in [3.63, 3.8) is 0 Å². The second kappa shape index (κ2) is 13.8. The summed E-state index contributed by atoms with van der Waals surface area (Å²) in [5.74, 6) is -3.65. The molecular formula is C30H31BrN2O5. The highest BCUT2D eigenvalue weighted by Crippen LogP contribution is 2.38. The van der Waals surface area contributed by atoms with Crippen LogP contribution in [0.25, 0.3) is 18.2 Å².